The van der Waals surface area contributed by atoms with Crippen molar-refractivity contribution in [3.8, 4) is 0 Å². The van der Waals surface area contributed by atoms with E-state index in [1.54, 1.807) is 11.1 Å². The Bertz CT molecular complexity index is 618. The summed E-state index contributed by atoms with van der Waals surface area (Å²) in [6.45, 7) is 6.92. The average molecular weight is 597 g/mol. The minimum atomic E-state index is 1.28. The van der Waals surface area contributed by atoms with Crippen LogP contribution in [-0.4, -0.2) is 0 Å². The second kappa shape index (κ2) is 32.6. The molecule has 0 amide bonds. The van der Waals surface area contributed by atoms with E-state index in [1.807, 2.05) is 0 Å². The first-order chi connectivity index (χ1) is 21.3. The van der Waals surface area contributed by atoms with Crippen LogP contribution in [0.5, 0.6) is 0 Å². The molecule has 0 unspecified atom stereocenters. The number of benzene rings is 1. The molecule has 0 heterocycles. The van der Waals surface area contributed by atoms with Gasteiger partial charge in [-0.15, -0.1) is 0 Å². The average Bonchev–Trinajstić information content (AvgIpc) is 3.00. The zero-order valence-electron chi connectivity index (χ0n) is 30.3. The van der Waals surface area contributed by atoms with Crippen LogP contribution in [0.15, 0.2) is 18.2 Å². The summed E-state index contributed by atoms with van der Waals surface area (Å²) < 4.78 is 0. The van der Waals surface area contributed by atoms with Gasteiger partial charge in [-0.2, -0.15) is 0 Å². The lowest BCUT2D eigenvalue weighted by atomic mass is 9.97. The number of aryl methyl sites for hydroxylation is 3. The minimum Gasteiger partial charge on any atom is -0.0654 e. The van der Waals surface area contributed by atoms with Crippen LogP contribution >= 0.6 is 0 Å². The molecule has 1 rings (SSSR count). The molecule has 1 aromatic rings. The second-order valence-electron chi connectivity index (χ2n) is 14.4. The van der Waals surface area contributed by atoms with Gasteiger partial charge in [-0.05, 0) is 43.7 Å². The highest BCUT2D eigenvalue weighted by molar-refractivity contribution is 5.29. The standard InChI is InChI=1S/C43H80/c1-4-6-8-10-12-14-16-18-20-22-24-26-28-30-32-34-36-42-38-41(3)39-43(40-42)37-35-33-31-29-27-25-23-21-19-17-15-13-11-9-7-5-2/h38-40H,4-37H2,1-3H3. The summed E-state index contributed by atoms with van der Waals surface area (Å²) >= 11 is 0. The van der Waals surface area contributed by atoms with Crippen LogP contribution in [0, 0.1) is 6.92 Å². The number of rotatable bonds is 34. The molecular formula is C43H80. The van der Waals surface area contributed by atoms with Crippen molar-refractivity contribution < 1.29 is 0 Å². The molecule has 43 heavy (non-hydrogen) atoms. The van der Waals surface area contributed by atoms with Gasteiger partial charge in [0, 0.05) is 0 Å². The lowest BCUT2D eigenvalue weighted by Gasteiger charge is -2.09. The second-order valence-corrected chi connectivity index (χ2v) is 14.4. The molecule has 0 heteroatoms. The molecule has 0 saturated heterocycles. The lowest BCUT2D eigenvalue weighted by Crippen LogP contribution is -1.93. The highest BCUT2D eigenvalue weighted by Crippen LogP contribution is 2.19. The third kappa shape index (κ3) is 28.4. The number of unbranched alkanes of at least 4 members (excludes halogenated alkanes) is 30. The van der Waals surface area contributed by atoms with E-state index < -0.39 is 0 Å². The van der Waals surface area contributed by atoms with Crippen molar-refractivity contribution in [1.82, 2.24) is 0 Å². The molecule has 0 bridgehead atoms. The summed E-state index contributed by atoms with van der Waals surface area (Å²) in [6, 6.07) is 7.42. The maximum absolute atomic E-state index is 2.53. The molecule has 0 atom stereocenters. The Labute approximate surface area is 273 Å². The van der Waals surface area contributed by atoms with E-state index in [2.05, 4.69) is 39.0 Å². The van der Waals surface area contributed by atoms with Crippen LogP contribution in [-0.2, 0) is 12.8 Å². The van der Waals surface area contributed by atoms with Crippen molar-refractivity contribution in [1.29, 1.82) is 0 Å². The van der Waals surface area contributed by atoms with Gasteiger partial charge in [-0.1, -0.05) is 230 Å². The van der Waals surface area contributed by atoms with Crippen molar-refractivity contribution >= 4 is 0 Å². The smallest absolute Gasteiger partial charge is 0.0279 e. The van der Waals surface area contributed by atoms with Crippen molar-refractivity contribution in [2.45, 2.75) is 239 Å². The summed E-state index contributed by atoms with van der Waals surface area (Å²) in [5.41, 5.74) is 4.66. The minimum absolute atomic E-state index is 1.28. The SMILES string of the molecule is CCCCCCCCCCCCCCCCCCc1cc(C)cc(CCCCCCCCCCCCCCCCCC)c1. The predicted molar refractivity (Wildman–Crippen MR) is 198 cm³/mol. The fourth-order valence-corrected chi connectivity index (χ4v) is 6.99. The summed E-state index contributed by atoms with van der Waals surface area (Å²) in [7, 11) is 0. The first-order valence-electron chi connectivity index (χ1n) is 20.4. The molecule has 0 fully saturated rings. The summed E-state index contributed by atoms with van der Waals surface area (Å²) in [5.74, 6) is 0. The fraction of sp³-hybridized carbons (Fsp3) is 0.860. The van der Waals surface area contributed by atoms with Crippen LogP contribution in [0.3, 0.4) is 0 Å². The first kappa shape index (κ1) is 40.2. The molecule has 0 saturated carbocycles. The molecule has 0 aromatic heterocycles. The number of hydrogen-bond acceptors (Lipinski definition) is 0. The summed E-state index contributed by atoms with van der Waals surface area (Å²) in [5, 5.41) is 0. The Morgan fingerprint density at radius 3 is 0.721 bits per heavy atom. The highest BCUT2D eigenvalue weighted by Gasteiger charge is 2.02. The van der Waals surface area contributed by atoms with Crippen LogP contribution in [0.4, 0.5) is 0 Å². The van der Waals surface area contributed by atoms with Gasteiger partial charge in [0.25, 0.3) is 0 Å². The van der Waals surface area contributed by atoms with Gasteiger partial charge in [-0.25, -0.2) is 0 Å². The molecule has 0 aliphatic carbocycles. The van der Waals surface area contributed by atoms with Gasteiger partial charge in [0.2, 0.25) is 0 Å². The highest BCUT2D eigenvalue weighted by atomic mass is 14.1. The predicted octanol–water partition coefficient (Wildman–Crippen LogP) is 15.6. The van der Waals surface area contributed by atoms with E-state index in [4.69, 9.17) is 0 Å². The zero-order valence-corrected chi connectivity index (χ0v) is 30.3. The third-order valence-corrected chi connectivity index (χ3v) is 9.83. The van der Waals surface area contributed by atoms with E-state index >= 15 is 0 Å². The van der Waals surface area contributed by atoms with Gasteiger partial charge >= 0.3 is 0 Å². The third-order valence-electron chi connectivity index (χ3n) is 9.83. The van der Waals surface area contributed by atoms with Crippen LogP contribution < -0.4 is 0 Å². The molecule has 0 aliphatic heterocycles. The Morgan fingerprint density at radius 1 is 0.279 bits per heavy atom. The van der Waals surface area contributed by atoms with E-state index in [-0.39, 0.29) is 0 Å². The molecular weight excluding hydrogens is 516 g/mol. The van der Waals surface area contributed by atoms with Gasteiger partial charge < -0.3 is 0 Å². The largest absolute Gasteiger partial charge is 0.0654 e. The molecule has 0 N–H and O–H groups in total. The maximum Gasteiger partial charge on any atom is -0.0279 e. The van der Waals surface area contributed by atoms with E-state index in [1.165, 1.54) is 224 Å². The molecule has 1 aromatic carbocycles. The molecule has 0 spiro atoms. The lowest BCUT2D eigenvalue weighted by molar-refractivity contribution is 0.529. The number of hydrogen-bond donors (Lipinski definition) is 0. The maximum atomic E-state index is 2.53. The summed E-state index contributed by atoms with van der Waals surface area (Å²) in [6.07, 6.45) is 49.0. The Balaban J connectivity index is 1.91. The zero-order chi connectivity index (χ0) is 30.9. The van der Waals surface area contributed by atoms with Crippen LogP contribution in [0.25, 0.3) is 0 Å². The first-order valence-corrected chi connectivity index (χ1v) is 20.4. The Kier molecular flexibility index (Phi) is 30.5. The van der Waals surface area contributed by atoms with Crippen molar-refractivity contribution in [3.63, 3.8) is 0 Å². The normalized spacial score (nSPS) is 11.5. The topological polar surface area (TPSA) is 0 Å². The quantitative estimate of drug-likeness (QED) is 0.0694. The Hall–Kier alpha value is -0.780. The van der Waals surface area contributed by atoms with E-state index in [9.17, 15) is 0 Å². The van der Waals surface area contributed by atoms with Gasteiger partial charge in [0.15, 0.2) is 0 Å². The molecule has 0 aliphatic rings. The van der Waals surface area contributed by atoms with E-state index in [0.717, 1.165) is 0 Å². The molecule has 252 valence electrons. The van der Waals surface area contributed by atoms with Crippen molar-refractivity contribution in [2.75, 3.05) is 0 Å². The van der Waals surface area contributed by atoms with E-state index in [0.29, 0.717) is 0 Å². The Morgan fingerprint density at radius 2 is 0.488 bits per heavy atom. The molecule has 0 radical (unpaired) electrons. The summed E-state index contributed by atoms with van der Waals surface area (Å²) in [4.78, 5) is 0. The van der Waals surface area contributed by atoms with Gasteiger partial charge in [0.1, 0.15) is 0 Å². The van der Waals surface area contributed by atoms with Crippen LogP contribution in [0.1, 0.15) is 236 Å². The van der Waals surface area contributed by atoms with Gasteiger partial charge in [0.05, 0.1) is 0 Å². The van der Waals surface area contributed by atoms with Crippen LogP contribution in [0.2, 0.25) is 0 Å². The monoisotopic (exact) mass is 597 g/mol. The van der Waals surface area contributed by atoms with Crippen molar-refractivity contribution in [2.24, 2.45) is 0 Å². The molecule has 0 nitrogen and oxygen atoms in total. The fourth-order valence-electron chi connectivity index (χ4n) is 6.99. The van der Waals surface area contributed by atoms with Crippen molar-refractivity contribution in [3.05, 3.63) is 34.9 Å². The van der Waals surface area contributed by atoms with Gasteiger partial charge in [-0.3, -0.25) is 0 Å².